The zero-order valence-electron chi connectivity index (χ0n) is 10.1. The van der Waals surface area contributed by atoms with Gasteiger partial charge in [-0.05, 0) is 46.1 Å². The number of likely N-dealkylation sites (tertiary alicyclic amines) is 1. The maximum Gasteiger partial charge on any atom is 0.0224 e. The highest BCUT2D eigenvalue weighted by molar-refractivity contribution is 4.97. The van der Waals surface area contributed by atoms with Crippen molar-refractivity contribution in [3.63, 3.8) is 0 Å². The molecule has 2 aliphatic rings. The zero-order valence-corrected chi connectivity index (χ0v) is 10.1. The van der Waals surface area contributed by atoms with Crippen LogP contribution in [0, 0.1) is 0 Å². The first-order valence-electron chi connectivity index (χ1n) is 6.36. The van der Waals surface area contributed by atoms with Gasteiger partial charge in [0, 0.05) is 25.2 Å². The van der Waals surface area contributed by atoms with Gasteiger partial charge in [-0.1, -0.05) is 11.6 Å². The highest BCUT2D eigenvalue weighted by Crippen LogP contribution is 2.21. The fourth-order valence-electron chi connectivity index (χ4n) is 2.26. The average Bonchev–Trinajstić information content (AvgIpc) is 2.92. The summed E-state index contributed by atoms with van der Waals surface area (Å²) < 4.78 is 0. The Morgan fingerprint density at radius 3 is 2.80 bits per heavy atom. The Hall–Kier alpha value is -0.340. The Morgan fingerprint density at radius 1 is 1.33 bits per heavy atom. The van der Waals surface area contributed by atoms with E-state index in [0.29, 0.717) is 0 Å². The van der Waals surface area contributed by atoms with Crippen molar-refractivity contribution < 1.29 is 0 Å². The number of nitrogens with zero attached hydrogens (tertiary/aromatic N) is 1. The molecule has 0 aromatic carbocycles. The normalized spacial score (nSPS) is 26.9. The SMILES string of the molecule is CC(C)=CCN1CCCC1CNC1CC1. The fourth-order valence-corrected chi connectivity index (χ4v) is 2.26. The largest absolute Gasteiger partial charge is 0.312 e. The summed E-state index contributed by atoms with van der Waals surface area (Å²) in [4.78, 5) is 2.63. The number of hydrogen-bond donors (Lipinski definition) is 1. The van der Waals surface area contributed by atoms with Crippen molar-refractivity contribution >= 4 is 0 Å². The van der Waals surface area contributed by atoms with Crippen LogP contribution in [0.3, 0.4) is 0 Å². The summed E-state index contributed by atoms with van der Waals surface area (Å²) in [6.07, 6.45) is 7.93. The van der Waals surface area contributed by atoms with Crippen molar-refractivity contribution in [3.05, 3.63) is 11.6 Å². The Morgan fingerprint density at radius 2 is 2.13 bits per heavy atom. The monoisotopic (exact) mass is 208 g/mol. The van der Waals surface area contributed by atoms with E-state index in [4.69, 9.17) is 0 Å². The summed E-state index contributed by atoms with van der Waals surface area (Å²) in [6.45, 7) is 8.03. The summed E-state index contributed by atoms with van der Waals surface area (Å²) in [5.74, 6) is 0. The summed E-state index contributed by atoms with van der Waals surface area (Å²) >= 11 is 0. The van der Waals surface area contributed by atoms with Gasteiger partial charge in [0.25, 0.3) is 0 Å². The molecule has 0 aromatic heterocycles. The molecule has 0 radical (unpaired) electrons. The average molecular weight is 208 g/mol. The van der Waals surface area contributed by atoms with Gasteiger partial charge < -0.3 is 5.32 Å². The zero-order chi connectivity index (χ0) is 10.7. The Balaban J connectivity index is 1.73. The van der Waals surface area contributed by atoms with Gasteiger partial charge in [0.05, 0.1) is 0 Å². The molecule has 86 valence electrons. The van der Waals surface area contributed by atoms with E-state index in [9.17, 15) is 0 Å². The molecule has 15 heavy (non-hydrogen) atoms. The number of hydrogen-bond acceptors (Lipinski definition) is 2. The van der Waals surface area contributed by atoms with Gasteiger partial charge in [0.1, 0.15) is 0 Å². The summed E-state index contributed by atoms with van der Waals surface area (Å²) in [5, 5.41) is 3.65. The number of nitrogens with one attached hydrogen (secondary N) is 1. The van der Waals surface area contributed by atoms with Gasteiger partial charge in [0.15, 0.2) is 0 Å². The van der Waals surface area contributed by atoms with E-state index in [1.807, 2.05) is 0 Å². The van der Waals surface area contributed by atoms with Gasteiger partial charge >= 0.3 is 0 Å². The van der Waals surface area contributed by atoms with Crippen molar-refractivity contribution in [1.82, 2.24) is 10.2 Å². The molecule has 1 aliphatic heterocycles. The van der Waals surface area contributed by atoms with Crippen molar-refractivity contribution in [3.8, 4) is 0 Å². The lowest BCUT2D eigenvalue weighted by Crippen LogP contribution is -2.38. The molecular formula is C13H24N2. The predicted molar refractivity (Wildman–Crippen MR) is 65.1 cm³/mol. The molecule has 1 aliphatic carbocycles. The van der Waals surface area contributed by atoms with E-state index < -0.39 is 0 Å². The van der Waals surface area contributed by atoms with Crippen LogP contribution in [0.5, 0.6) is 0 Å². The summed E-state index contributed by atoms with van der Waals surface area (Å²) in [5.41, 5.74) is 1.44. The van der Waals surface area contributed by atoms with Gasteiger partial charge in [0.2, 0.25) is 0 Å². The van der Waals surface area contributed by atoms with Crippen molar-refractivity contribution in [1.29, 1.82) is 0 Å². The smallest absolute Gasteiger partial charge is 0.0224 e. The van der Waals surface area contributed by atoms with Crippen LogP contribution in [0.2, 0.25) is 0 Å². The standard InChI is InChI=1S/C13H24N2/c1-11(2)7-9-15-8-3-4-13(15)10-14-12-5-6-12/h7,12-14H,3-6,8-10H2,1-2H3. The molecule has 1 unspecified atom stereocenters. The van der Waals surface area contributed by atoms with Crippen LogP contribution in [-0.2, 0) is 0 Å². The number of allylic oxidation sites excluding steroid dienone is 1. The molecule has 2 rings (SSSR count). The Bertz CT molecular complexity index is 227. The molecule has 0 amide bonds. The van der Waals surface area contributed by atoms with Crippen molar-refractivity contribution in [2.24, 2.45) is 0 Å². The first kappa shape index (κ1) is 11.2. The Labute approximate surface area is 93.7 Å². The van der Waals surface area contributed by atoms with E-state index in [1.165, 1.54) is 44.3 Å². The van der Waals surface area contributed by atoms with Crippen LogP contribution < -0.4 is 5.32 Å². The van der Waals surface area contributed by atoms with Crippen LogP contribution in [0.1, 0.15) is 39.5 Å². The summed E-state index contributed by atoms with van der Waals surface area (Å²) in [7, 11) is 0. The predicted octanol–water partition coefficient (Wildman–Crippen LogP) is 2.17. The third-order valence-corrected chi connectivity index (χ3v) is 3.45. The molecular weight excluding hydrogens is 184 g/mol. The van der Waals surface area contributed by atoms with Crippen LogP contribution in [-0.4, -0.2) is 36.6 Å². The number of rotatable bonds is 5. The minimum Gasteiger partial charge on any atom is -0.312 e. The lowest BCUT2D eigenvalue weighted by molar-refractivity contribution is 0.272. The molecule has 2 nitrogen and oxygen atoms in total. The quantitative estimate of drug-likeness (QED) is 0.697. The maximum absolute atomic E-state index is 3.65. The maximum atomic E-state index is 3.65. The van der Waals surface area contributed by atoms with Crippen LogP contribution in [0.25, 0.3) is 0 Å². The first-order valence-corrected chi connectivity index (χ1v) is 6.36. The fraction of sp³-hybridized carbons (Fsp3) is 0.846. The van der Waals surface area contributed by atoms with Gasteiger partial charge in [-0.2, -0.15) is 0 Å². The van der Waals surface area contributed by atoms with Gasteiger partial charge in [-0.3, -0.25) is 4.90 Å². The second kappa shape index (κ2) is 5.13. The minimum atomic E-state index is 0.793. The minimum absolute atomic E-state index is 0.793. The molecule has 2 fully saturated rings. The molecule has 0 bridgehead atoms. The van der Waals surface area contributed by atoms with E-state index >= 15 is 0 Å². The van der Waals surface area contributed by atoms with Crippen molar-refractivity contribution in [2.75, 3.05) is 19.6 Å². The topological polar surface area (TPSA) is 15.3 Å². The molecule has 1 saturated carbocycles. The highest BCUT2D eigenvalue weighted by atomic mass is 15.2. The lowest BCUT2D eigenvalue weighted by Gasteiger charge is -2.23. The molecule has 0 spiro atoms. The highest BCUT2D eigenvalue weighted by Gasteiger charge is 2.26. The van der Waals surface area contributed by atoms with Gasteiger partial charge in [-0.15, -0.1) is 0 Å². The third-order valence-electron chi connectivity index (χ3n) is 3.45. The van der Waals surface area contributed by atoms with Crippen LogP contribution >= 0.6 is 0 Å². The van der Waals surface area contributed by atoms with Gasteiger partial charge in [-0.25, -0.2) is 0 Å². The van der Waals surface area contributed by atoms with Crippen molar-refractivity contribution in [2.45, 2.75) is 51.6 Å². The van der Waals surface area contributed by atoms with Crippen LogP contribution in [0.15, 0.2) is 11.6 Å². The molecule has 1 saturated heterocycles. The van der Waals surface area contributed by atoms with E-state index in [-0.39, 0.29) is 0 Å². The first-order chi connectivity index (χ1) is 7.25. The molecule has 1 atom stereocenters. The molecule has 1 heterocycles. The van der Waals surface area contributed by atoms with E-state index in [0.717, 1.165) is 18.6 Å². The third kappa shape index (κ3) is 3.62. The lowest BCUT2D eigenvalue weighted by atomic mass is 10.2. The molecule has 0 aromatic rings. The molecule has 1 N–H and O–H groups in total. The Kier molecular flexibility index (Phi) is 3.81. The second-order valence-electron chi connectivity index (χ2n) is 5.25. The molecule has 2 heteroatoms. The summed E-state index contributed by atoms with van der Waals surface area (Å²) in [6, 6.07) is 1.65. The second-order valence-corrected chi connectivity index (χ2v) is 5.25. The van der Waals surface area contributed by atoms with E-state index in [1.54, 1.807) is 0 Å². The van der Waals surface area contributed by atoms with E-state index in [2.05, 4.69) is 30.1 Å². The van der Waals surface area contributed by atoms with Crippen LogP contribution in [0.4, 0.5) is 0 Å².